The highest BCUT2D eigenvalue weighted by molar-refractivity contribution is 5.46. The molecule has 0 heterocycles. The molecule has 1 rings (SSSR count). The normalized spacial score (nSPS) is 10.5. The third-order valence-corrected chi connectivity index (χ3v) is 2.54. The van der Waals surface area contributed by atoms with Gasteiger partial charge in [0.25, 0.3) is 0 Å². The van der Waals surface area contributed by atoms with E-state index in [1.807, 2.05) is 6.08 Å². The molecule has 0 atom stereocenters. The molecule has 1 aromatic carbocycles. The maximum Gasteiger partial charge on any atom is 0.0233 e. The van der Waals surface area contributed by atoms with Crippen molar-refractivity contribution in [3.05, 3.63) is 53.0 Å². The second kappa shape index (κ2) is 3.78. The minimum absolute atomic E-state index is 1.25. The third-order valence-electron chi connectivity index (χ3n) is 2.54. The zero-order chi connectivity index (χ0) is 10.0. The number of rotatable bonds is 2. The molecule has 0 saturated carbocycles. The molecule has 1 aromatic rings. The van der Waals surface area contributed by atoms with Gasteiger partial charge < -0.3 is 0 Å². The lowest BCUT2D eigenvalue weighted by atomic mass is 9.92. The summed E-state index contributed by atoms with van der Waals surface area (Å²) in [6, 6.07) is 4.44. The zero-order valence-corrected chi connectivity index (χ0v) is 8.94. The van der Waals surface area contributed by atoms with Crippen LogP contribution in [0.1, 0.15) is 29.2 Å². The monoisotopic (exact) mass is 173 g/mol. The number of aryl methyl sites for hydroxylation is 2. The molecule has 0 fully saturated rings. The van der Waals surface area contributed by atoms with Gasteiger partial charge in [-0.05, 0) is 37.5 Å². The quantitative estimate of drug-likeness (QED) is 0.639. The third kappa shape index (κ3) is 2.00. The Balaban J connectivity index is 3.27. The average Bonchev–Trinajstić information content (AvgIpc) is 2.10. The smallest absolute Gasteiger partial charge is 0.0233 e. The lowest BCUT2D eigenvalue weighted by Gasteiger charge is -2.13. The van der Waals surface area contributed by atoms with Crippen LogP contribution in [0.4, 0.5) is 0 Å². The van der Waals surface area contributed by atoms with Crippen LogP contribution in [0.2, 0.25) is 0 Å². The van der Waals surface area contributed by atoms with Crippen molar-refractivity contribution < 1.29 is 0 Å². The minimum atomic E-state index is 1.25. The summed E-state index contributed by atoms with van der Waals surface area (Å²) in [4.78, 5) is 0. The predicted octanol–water partition coefficient (Wildman–Crippen LogP) is 3.74. The van der Waals surface area contributed by atoms with Crippen molar-refractivity contribution in [3.8, 4) is 0 Å². The molecule has 1 radical (unpaired) electrons. The summed E-state index contributed by atoms with van der Waals surface area (Å²) in [5, 5.41) is 0. The van der Waals surface area contributed by atoms with Crippen LogP contribution in [0.3, 0.4) is 0 Å². The Morgan fingerprint density at radius 1 is 1.23 bits per heavy atom. The summed E-state index contributed by atoms with van der Waals surface area (Å²) in [7, 11) is 0. The predicted molar refractivity (Wildman–Crippen MR) is 58.9 cm³/mol. The lowest BCUT2D eigenvalue weighted by Crippen LogP contribution is -1.97. The lowest BCUT2D eigenvalue weighted by molar-refractivity contribution is 1.17. The van der Waals surface area contributed by atoms with Crippen molar-refractivity contribution in [2.75, 3.05) is 0 Å². The number of hydrogen-bond donors (Lipinski definition) is 0. The summed E-state index contributed by atoms with van der Waals surface area (Å²) < 4.78 is 0. The van der Waals surface area contributed by atoms with Crippen molar-refractivity contribution in [2.45, 2.75) is 27.7 Å². The van der Waals surface area contributed by atoms with Gasteiger partial charge in [0.2, 0.25) is 0 Å². The van der Waals surface area contributed by atoms with Gasteiger partial charge >= 0.3 is 0 Å². The standard InChI is InChI=1S/C13H17/c1-6-10(3)13-8-9(2)7-11(4)12(13)5/h6-8H,1H2,2-5H3. The number of allylic oxidation sites excluding steroid dienone is 1. The van der Waals surface area contributed by atoms with Crippen LogP contribution >= 0.6 is 0 Å². The van der Waals surface area contributed by atoms with Gasteiger partial charge in [-0.1, -0.05) is 30.7 Å². The van der Waals surface area contributed by atoms with E-state index in [-0.39, 0.29) is 0 Å². The Morgan fingerprint density at radius 3 is 2.38 bits per heavy atom. The summed E-state index contributed by atoms with van der Waals surface area (Å²) >= 11 is 0. The van der Waals surface area contributed by atoms with Crippen LogP contribution in [0.15, 0.2) is 24.8 Å². The fraction of sp³-hybridized carbons (Fsp3) is 0.308. The van der Waals surface area contributed by atoms with Gasteiger partial charge in [-0.3, -0.25) is 0 Å². The van der Waals surface area contributed by atoms with Crippen molar-refractivity contribution in [1.82, 2.24) is 0 Å². The van der Waals surface area contributed by atoms with Crippen LogP contribution in [0, 0.1) is 26.7 Å². The van der Waals surface area contributed by atoms with Gasteiger partial charge in [0.15, 0.2) is 0 Å². The van der Waals surface area contributed by atoms with E-state index in [1.165, 1.54) is 28.2 Å². The first-order valence-corrected chi connectivity index (χ1v) is 4.60. The van der Waals surface area contributed by atoms with Gasteiger partial charge in [-0.25, -0.2) is 0 Å². The van der Waals surface area contributed by atoms with Crippen molar-refractivity contribution >= 4 is 0 Å². The molecule has 0 N–H and O–H groups in total. The molecule has 0 aromatic heterocycles. The molecule has 0 aliphatic carbocycles. The first-order valence-electron chi connectivity index (χ1n) is 4.60. The van der Waals surface area contributed by atoms with E-state index in [0.717, 1.165) is 0 Å². The molecule has 0 bridgehead atoms. The Bertz CT molecular complexity index is 321. The Labute approximate surface area is 81.3 Å². The molecule has 0 amide bonds. The van der Waals surface area contributed by atoms with E-state index in [9.17, 15) is 0 Å². The topological polar surface area (TPSA) is 0 Å². The molecule has 13 heavy (non-hydrogen) atoms. The molecule has 0 aliphatic rings. The molecule has 0 aliphatic heterocycles. The number of hydrogen-bond acceptors (Lipinski definition) is 0. The summed E-state index contributed by atoms with van der Waals surface area (Å²) in [6.45, 7) is 12.4. The van der Waals surface area contributed by atoms with Crippen molar-refractivity contribution in [1.29, 1.82) is 0 Å². The van der Waals surface area contributed by atoms with Crippen molar-refractivity contribution in [3.63, 3.8) is 0 Å². The first-order chi connectivity index (χ1) is 6.06. The summed E-state index contributed by atoms with van der Waals surface area (Å²) in [5.74, 6) is 1.25. The van der Waals surface area contributed by atoms with Gasteiger partial charge in [0, 0.05) is 5.92 Å². The first kappa shape index (κ1) is 10.0. The Kier molecular flexibility index (Phi) is 2.92. The fourth-order valence-electron chi connectivity index (χ4n) is 1.56. The van der Waals surface area contributed by atoms with Crippen LogP contribution in [0.25, 0.3) is 0 Å². The molecular weight excluding hydrogens is 156 g/mol. The molecule has 0 spiro atoms. The van der Waals surface area contributed by atoms with Crippen molar-refractivity contribution in [2.24, 2.45) is 0 Å². The van der Waals surface area contributed by atoms with Crippen LogP contribution in [-0.4, -0.2) is 0 Å². The van der Waals surface area contributed by atoms with Gasteiger partial charge in [-0.15, -0.1) is 6.58 Å². The highest BCUT2D eigenvalue weighted by atomic mass is 14.1. The SMILES string of the molecule is C=C[C](C)c1cc(C)cc(C)c1C. The van der Waals surface area contributed by atoms with Gasteiger partial charge in [0.05, 0.1) is 0 Å². The summed E-state index contributed by atoms with van der Waals surface area (Å²) in [5.41, 5.74) is 5.37. The van der Waals surface area contributed by atoms with E-state index in [0.29, 0.717) is 0 Å². The highest BCUT2D eigenvalue weighted by Gasteiger charge is 2.07. The van der Waals surface area contributed by atoms with E-state index >= 15 is 0 Å². The van der Waals surface area contributed by atoms with Crippen LogP contribution in [0.5, 0.6) is 0 Å². The maximum atomic E-state index is 3.80. The zero-order valence-electron chi connectivity index (χ0n) is 8.94. The van der Waals surface area contributed by atoms with E-state index in [4.69, 9.17) is 0 Å². The van der Waals surface area contributed by atoms with Crippen LogP contribution < -0.4 is 0 Å². The molecule has 69 valence electrons. The average molecular weight is 173 g/mol. The minimum Gasteiger partial charge on any atom is -0.102 e. The highest BCUT2D eigenvalue weighted by Crippen LogP contribution is 2.23. The Hall–Kier alpha value is -1.04. The molecule has 0 heteroatoms. The van der Waals surface area contributed by atoms with E-state index in [1.54, 1.807) is 0 Å². The van der Waals surface area contributed by atoms with Gasteiger partial charge in [-0.2, -0.15) is 0 Å². The molecule has 0 unspecified atom stereocenters. The van der Waals surface area contributed by atoms with Crippen LogP contribution in [-0.2, 0) is 0 Å². The van der Waals surface area contributed by atoms with E-state index < -0.39 is 0 Å². The van der Waals surface area contributed by atoms with E-state index in [2.05, 4.69) is 46.4 Å². The molecule has 0 saturated heterocycles. The fourth-order valence-corrected chi connectivity index (χ4v) is 1.56. The Morgan fingerprint density at radius 2 is 1.85 bits per heavy atom. The molecule has 0 nitrogen and oxygen atoms in total. The number of benzene rings is 1. The second-order valence-corrected chi connectivity index (χ2v) is 3.64. The second-order valence-electron chi connectivity index (χ2n) is 3.64. The molecular formula is C13H17. The largest absolute Gasteiger partial charge is 0.102 e. The maximum absolute atomic E-state index is 3.80. The van der Waals surface area contributed by atoms with Gasteiger partial charge in [0.1, 0.15) is 0 Å². The summed E-state index contributed by atoms with van der Waals surface area (Å²) in [6.07, 6.45) is 1.92.